The van der Waals surface area contributed by atoms with Gasteiger partial charge in [-0.2, -0.15) is 0 Å². The number of benzene rings is 2. The topological polar surface area (TPSA) is 80.3 Å². The molecule has 0 unspecified atom stereocenters. The van der Waals surface area contributed by atoms with Crippen LogP contribution in [0, 0.1) is 0 Å². The zero-order valence-electron chi connectivity index (χ0n) is 9.31. The van der Waals surface area contributed by atoms with Crippen LogP contribution in [0.4, 0.5) is 0 Å². The maximum atomic E-state index is 8.59. The Morgan fingerprint density at radius 3 is 1.28 bits per heavy atom. The Balaban J connectivity index is 0.000000280. The zero-order chi connectivity index (χ0) is 13.4. The average Bonchev–Trinajstić information content (AvgIpc) is 2.29. The van der Waals surface area contributed by atoms with Crippen LogP contribution in [0.2, 0.25) is 0 Å². The van der Waals surface area contributed by atoms with Crippen LogP contribution in [-0.2, 0) is 21.2 Å². The number of hydrogen-bond donors (Lipinski definition) is 0. The predicted octanol–water partition coefficient (Wildman–Crippen LogP) is -1.28. The van der Waals surface area contributed by atoms with Crippen molar-refractivity contribution in [3.63, 3.8) is 0 Å². The van der Waals surface area contributed by atoms with Gasteiger partial charge in [-0.1, -0.05) is 0 Å². The van der Waals surface area contributed by atoms with Crippen LogP contribution in [0.5, 0.6) is 0 Å². The van der Waals surface area contributed by atoms with E-state index in [-0.39, 0.29) is 0 Å². The van der Waals surface area contributed by atoms with E-state index in [0.717, 1.165) is 0 Å². The standard InChI is InChI=1S/2C6H5.Cr.4O.Sn/c2*1-2-4-6-5-3-1;;;;;;/h2*1-5H;;;;;;/q;;;;;2*-1;+2. The Bertz CT molecular complexity index is 510. The van der Waals surface area contributed by atoms with Gasteiger partial charge in [-0.3, -0.25) is 0 Å². The summed E-state index contributed by atoms with van der Waals surface area (Å²) in [6.07, 6.45) is 0. The van der Waals surface area contributed by atoms with Gasteiger partial charge in [0.1, 0.15) is 0 Å². The molecule has 0 aromatic heterocycles. The molecule has 2 rings (SSSR count). The third-order valence-corrected chi connectivity index (χ3v) is 5.39. The quantitative estimate of drug-likeness (QED) is 0.600. The second-order valence-electron chi connectivity index (χ2n) is 3.27. The molecule has 2 aromatic rings. The Hall–Kier alpha value is -0.709. The summed E-state index contributed by atoms with van der Waals surface area (Å²) in [5.41, 5.74) is 0. The van der Waals surface area contributed by atoms with Crippen LogP contribution in [-0.4, -0.2) is 21.1 Å². The van der Waals surface area contributed by atoms with Gasteiger partial charge in [0, 0.05) is 0 Å². The van der Waals surface area contributed by atoms with Gasteiger partial charge in [-0.15, -0.1) is 0 Å². The summed E-state index contributed by atoms with van der Waals surface area (Å²) in [5.74, 6) is 0. The first-order valence-corrected chi connectivity index (χ1v) is 9.92. The average molecular weight is 389 g/mol. The van der Waals surface area contributed by atoms with E-state index < -0.39 is 34.8 Å². The van der Waals surface area contributed by atoms with E-state index >= 15 is 0 Å². The molecule has 92 valence electrons. The molecule has 0 aliphatic rings. The van der Waals surface area contributed by atoms with Crippen molar-refractivity contribution in [1.29, 1.82) is 0 Å². The zero-order valence-corrected chi connectivity index (χ0v) is 13.4. The first-order valence-electron chi connectivity index (χ1n) is 4.99. The van der Waals surface area contributed by atoms with E-state index in [1.807, 2.05) is 0 Å². The molecule has 0 saturated carbocycles. The van der Waals surface area contributed by atoms with Crippen LogP contribution < -0.4 is 15.5 Å². The van der Waals surface area contributed by atoms with Crippen molar-refractivity contribution in [3.05, 3.63) is 60.7 Å². The Labute approximate surface area is 118 Å². The first-order chi connectivity index (χ1) is 8.45. The minimum absolute atomic E-state index is 0.517. The van der Waals surface area contributed by atoms with Crippen molar-refractivity contribution in [3.8, 4) is 0 Å². The predicted molar refractivity (Wildman–Crippen MR) is 59.3 cm³/mol. The van der Waals surface area contributed by atoms with E-state index in [4.69, 9.17) is 15.9 Å². The van der Waals surface area contributed by atoms with Gasteiger partial charge in [0.25, 0.3) is 0 Å². The summed E-state index contributed by atoms with van der Waals surface area (Å²) in [6, 6.07) is 21.6. The van der Waals surface area contributed by atoms with Gasteiger partial charge in [0.2, 0.25) is 0 Å². The molecule has 4 nitrogen and oxygen atoms in total. The molecule has 0 bridgehead atoms. The van der Waals surface area contributed by atoms with Crippen LogP contribution in [0.1, 0.15) is 0 Å². The Morgan fingerprint density at radius 2 is 1.00 bits per heavy atom. The minimum atomic E-state index is -5.75. The summed E-state index contributed by atoms with van der Waals surface area (Å²) in [5, 5.41) is 0. The van der Waals surface area contributed by atoms with Crippen LogP contribution in [0.15, 0.2) is 60.7 Å². The van der Waals surface area contributed by atoms with Crippen molar-refractivity contribution in [2.75, 3.05) is 0 Å². The molecule has 6 heteroatoms. The van der Waals surface area contributed by atoms with Gasteiger partial charge in [-0.05, 0) is 0 Å². The molecular formula is C12H10CrO4Sn. The molecule has 0 heterocycles. The van der Waals surface area contributed by atoms with Gasteiger partial charge in [0.15, 0.2) is 0 Å². The molecular weight excluding hydrogens is 379 g/mol. The molecule has 0 aliphatic carbocycles. The molecule has 0 atom stereocenters. The van der Waals surface area contributed by atoms with Crippen LogP contribution in [0.25, 0.3) is 0 Å². The number of rotatable bonds is 2. The van der Waals surface area contributed by atoms with Gasteiger partial charge >= 0.3 is 119 Å². The molecule has 0 fully saturated rings. The van der Waals surface area contributed by atoms with E-state index in [9.17, 15) is 0 Å². The van der Waals surface area contributed by atoms with Crippen molar-refractivity contribution in [1.82, 2.24) is 0 Å². The van der Waals surface area contributed by atoms with Crippen LogP contribution >= 0.6 is 0 Å². The fourth-order valence-corrected chi connectivity index (χ4v) is 4.21. The van der Waals surface area contributed by atoms with E-state index in [0.29, 0.717) is 0 Å². The summed E-state index contributed by atoms with van der Waals surface area (Å²) in [6.45, 7) is 0. The molecule has 0 saturated heterocycles. The SMILES string of the molecule is [O]=[Cr](=[O])([O-])[O-].c1cc[c]([Sn+2][c]2ccccc2)cc1. The summed E-state index contributed by atoms with van der Waals surface area (Å²) < 4.78 is 37.5. The monoisotopic (exact) mass is 390 g/mol. The third kappa shape index (κ3) is 8.39. The summed E-state index contributed by atoms with van der Waals surface area (Å²) in [7, 11) is 0. The molecule has 0 spiro atoms. The summed E-state index contributed by atoms with van der Waals surface area (Å²) in [4.78, 5) is 0. The van der Waals surface area contributed by atoms with Crippen LogP contribution in [0.3, 0.4) is 0 Å². The molecule has 18 heavy (non-hydrogen) atoms. The fourth-order valence-electron chi connectivity index (χ4n) is 1.21. The van der Waals surface area contributed by atoms with Gasteiger partial charge in [0.05, 0.1) is 0 Å². The molecule has 0 radical (unpaired) electrons. The van der Waals surface area contributed by atoms with Gasteiger partial charge in [-0.25, -0.2) is 0 Å². The van der Waals surface area contributed by atoms with E-state index in [1.165, 1.54) is 7.16 Å². The second kappa shape index (κ2) is 7.67. The van der Waals surface area contributed by atoms with Crippen molar-refractivity contribution < 1.29 is 29.5 Å². The normalized spacial score (nSPS) is 9.89. The van der Waals surface area contributed by atoms with E-state index in [2.05, 4.69) is 60.7 Å². The molecule has 0 amide bonds. The van der Waals surface area contributed by atoms with Crippen molar-refractivity contribution in [2.45, 2.75) is 0 Å². The van der Waals surface area contributed by atoms with E-state index in [1.54, 1.807) is 0 Å². The number of hydrogen-bond acceptors (Lipinski definition) is 4. The molecule has 0 aliphatic heterocycles. The first kappa shape index (κ1) is 15.3. The Kier molecular flexibility index (Phi) is 6.54. The summed E-state index contributed by atoms with van der Waals surface area (Å²) >= 11 is -6.27. The molecule has 2 aromatic carbocycles. The van der Waals surface area contributed by atoms with Crippen molar-refractivity contribution in [2.24, 2.45) is 0 Å². The molecule has 0 N–H and O–H groups in total. The fraction of sp³-hybridized carbons (Fsp3) is 0. The second-order valence-corrected chi connectivity index (χ2v) is 8.55. The Morgan fingerprint density at radius 1 is 0.722 bits per heavy atom. The van der Waals surface area contributed by atoms with Crippen molar-refractivity contribution >= 4 is 28.3 Å². The maximum absolute atomic E-state index is 8.59. The van der Waals surface area contributed by atoms with Gasteiger partial charge < -0.3 is 0 Å². The third-order valence-electron chi connectivity index (χ3n) is 1.84.